The van der Waals surface area contributed by atoms with Gasteiger partial charge in [-0.05, 0) is 79.7 Å². The first-order valence-corrected chi connectivity index (χ1v) is 15.7. The normalized spacial score (nSPS) is 16.1. The molecule has 0 N–H and O–H groups in total. The molecule has 1 aliphatic carbocycles. The van der Waals surface area contributed by atoms with E-state index in [0.717, 1.165) is 18.4 Å². The molecule has 1 aliphatic rings. The Labute approximate surface area is 212 Å². The molecule has 9 heteroatoms. The minimum atomic E-state index is -2.15. The number of carbonyl (C=O) groups excluding carboxylic acids is 1. The third kappa shape index (κ3) is 7.04. The topological polar surface area (TPSA) is 56.6 Å². The number of rotatable bonds is 8. The average molecular weight is 557 g/mol. The highest BCUT2D eigenvalue weighted by Crippen LogP contribution is 2.38. The summed E-state index contributed by atoms with van der Waals surface area (Å²) < 4.78 is 29.1. The predicted molar refractivity (Wildman–Crippen MR) is 140 cm³/mol. The van der Waals surface area contributed by atoms with Crippen molar-refractivity contribution in [2.24, 2.45) is 5.92 Å². The number of carbonyl (C=O) groups is 1. The molecule has 1 amide bonds. The minimum absolute atomic E-state index is 0.0131. The zero-order chi connectivity index (χ0) is 25.5. The first-order chi connectivity index (χ1) is 15.6. The van der Waals surface area contributed by atoms with Gasteiger partial charge in [-0.25, -0.2) is 14.2 Å². The molecule has 3 rings (SSSR count). The molecule has 1 aromatic carbocycles. The summed E-state index contributed by atoms with van der Waals surface area (Å²) in [5.41, 5.74) is 0.834. The summed E-state index contributed by atoms with van der Waals surface area (Å²) in [6, 6.07) is 2.88. The average Bonchev–Trinajstić information content (AvgIpc) is 3.37. The molecule has 0 spiro atoms. The zero-order valence-corrected chi connectivity index (χ0v) is 24.3. The van der Waals surface area contributed by atoms with Crippen molar-refractivity contribution in [3.8, 4) is 0 Å². The van der Waals surface area contributed by atoms with Crippen LogP contribution in [-0.4, -0.2) is 53.7 Å². The summed E-state index contributed by atoms with van der Waals surface area (Å²) in [6.45, 7) is 18.3. The predicted octanol–water partition coefficient (Wildman–Crippen LogP) is 6.98. The monoisotopic (exact) mass is 555 g/mol. The Morgan fingerprint density at radius 3 is 2.47 bits per heavy atom. The van der Waals surface area contributed by atoms with Crippen molar-refractivity contribution in [1.29, 1.82) is 0 Å². The number of aromatic nitrogens is 2. The van der Waals surface area contributed by atoms with E-state index in [1.807, 2.05) is 30.2 Å². The molecule has 2 aromatic rings. The van der Waals surface area contributed by atoms with Gasteiger partial charge in [0.25, 0.3) is 0 Å². The fourth-order valence-corrected chi connectivity index (χ4v) is 5.60. The number of hydrogen-bond acceptors (Lipinski definition) is 4. The maximum absolute atomic E-state index is 13.9. The molecular weight excluding hydrogens is 517 g/mol. The lowest BCUT2D eigenvalue weighted by Gasteiger charge is -2.40. The van der Waals surface area contributed by atoms with Crippen molar-refractivity contribution >= 4 is 41.4 Å². The van der Waals surface area contributed by atoms with E-state index in [0.29, 0.717) is 35.5 Å². The van der Waals surface area contributed by atoms with Gasteiger partial charge in [-0.15, -0.1) is 0 Å². The first kappa shape index (κ1) is 27.1. The van der Waals surface area contributed by atoms with Crippen molar-refractivity contribution in [2.45, 2.75) is 90.8 Å². The lowest BCUT2D eigenvalue weighted by molar-refractivity contribution is 0.0133. The molecule has 34 heavy (non-hydrogen) atoms. The lowest BCUT2D eigenvalue weighted by Crippen LogP contribution is -2.50. The minimum Gasteiger partial charge on any atom is -0.444 e. The van der Waals surface area contributed by atoms with Gasteiger partial charge in [0.15, 0.2) is 8.32 Å². The van der Waals surface area contributed by atoms with Crippen LogP contribution in [0.15, 0.2) is 22.9 Å². The number of benzene rings is 1. The number of ether oxygens (including phenoxy) is 1. The van der Waals surface area contributed by atoms with Gasteiger partial charge in [0, 0.05) is 17.1 Å². The maximum Gasteiger partial charge on any atom is 0.410 e. The van der Waals surface area contributed by atoms with E-state index in [1.165, 1.54) is 12.1 Å². The molecule has 0 bridgehead atoms. The highest BCUT2D eigenvalue weighted by Gasteiger charge is 2.40. The quantitative estimate of drug-likeness (QED) is 0.330. The van der Waals surface area contributed by atoms with Gasteiger partial charge in [-0.1, -0.05) is 20.8 Å². The third-order valence-electron chi connectivity index (χ3n) is 6.55. The van der Waals surface area contributed by atoms with Crippen molar-refractivity contribution in [2.75, 3.05) is 13.1 Å². The lowest BCUT2D eigenvalue weighted by atomic mass is 10.2. The maximum atomic E-state index is 13.9. The summed E-state index contributed by atoms with van der Waals surface area (Å²) in [4.78, 5) is 19.3. The Hall–Kier alpha value is -1.45. The highest BCUT2D eigenvalue weighted by atomic mass is 79.9. The van der Waals surface area contributed by atoms with E-state index < -0.39 is 13.9 Å². The molecule has 0 radical (unpaired) electrons. The first-order valence-electron chi connectivity index (χ1n) is 12.0. The van der Waals surface area contributed by atoms with E-state index in [4.69, 9.17) is 9.16 Å². The van der Waals surface area contributed by atoms with Crippen molar-refractivity contribution in [3.05, 3.63) is 28.7 Å². The third-order valence-corrected chi connectivity index (χ3v) is 11.7. The van der Waals surface area contributed by atoms with Crippen molar-refractivity contribution < 1.29 is 18.3 Å². The van der Waals surface area contributed by atoms with Crippen LogP contribution in [-0.2, 0) is 15.7 Å². The van der Waals surface area contributed by atoms with Gasteiger partial charge in [-0.3, -0.25) is 0 Å². The van der Waals surface area contributed by atoms with E-state index >= 15 is 0 Å². The molecule has 1 saturated carbocycles. The van der Waals surface area contributed by atoms with Crippen LogP contribution in [0.5, 0.6) is 0 Å². The Morgan fingerprint density at radius 2 is 1.91 bits per heavy atom. The molecule has 0 aliphatic heterocycles. The van der Waals surface area contributed by atoms with Crippen LogP contribution in [0.3, 0.4) is 0 Å². The molecule has 6 nitrogen and oxygen atoms in total. The summed E-state index contributed by atoms with van der Waals surface area (Å²) in [7, 11) is -2.15. The summed E-state index contributed by atoms with van der Waals surface area (Å²) in [5, 5.41) is 0.0131. The Morgan fingerprint density at radius 1 is 1.26 bits per heavy atom. The molecule has 0 saturated heterocycles. The van der Waals surface area contributed by atoms with Crippen LogP contribution >= 0.6 is 15.9 Å². The van der Waals surface area contributed by atoms with Crippen LogP contribution in [0.25, 0.3) is 11.0 Å². The Balaban J connectivity index is 1.92. The number of imidazole rings is 1. The fourth-order valence-electron chi connectivity index (χ4n) is 3.62. The number of amides is 1. The van der Waals surface area contributed by atoms with Gasteiger partial charge in [0.1, 0.15) is 11.4 Å². The smallest absolute Gasteiger partial charge is 0.410 e. The highest BCUT2D eigenvalue weighted by molar-refractivity contribution is 9.10. The van der Waals surface area contributed by atoms with E-state index in [-0.39, 0.29) is 23.1 Å². The molecule has 1 atom stereocenters. The number of halogens is 2. The van der Waals surface area contributed by atoms with Gasteiger partial charge in [-0.2, -0.15) is 0 Å². The van der Waals surface area contributed by atoms with Gasteiger partial charge in [0.05, 0.1) is 36.6 Å². The van der Waals surface area contributed by atoms with Crippen molar-refractivity contribution in [3.63, 3.8) is 0 Å². The summed E-state index contributed by atoms with van der Waals surface area (Å²) >= 11 is 3.49. The second-order valence-corrected chi connectivity index (χ2v) is 17.6. The second kappa shape index (κ2) is 9.89. The number of hydrogen-bond donors (Lipinski definition) is 0. The fraction of sp³-hybridized carbons (Fsp3) is 0.680. The van der Waals surface area contributed by atoms with E-state index in [9.17, 15) is 9.18 Å². The summed E-state index contributed by atoms with van der Waals surface area (Å²) in [5.74, 6) is 0.187. The zero-order valence-electron chi connectivity index (χ0n) is 21.7. The van der Waals surface area contributed by atoms with Gasteiger partial charge in [0.2, 0.25) is 0 Å². The molecule has 1 fully saturated rings. The van der Waals surface area contributed by atoms with Crippen LogP contribution in [0, 0.1) is 11.7 Å². The number of fused-ring (bicyclic) bond motifs is 1. The van der Waals surface area contributed by atoms with E-state index in [1.54, 1.807) is 6.33 Å². The SMILES string of the molecule is CC(C)(C)OC(=O)N(CC1CC1)CC(Cn1cnc2cc(F)cc(Br)c21)O[Si](C)(C)C(C)(C)C. The largest absolute Gasteiger partial charge is 0.444 e. The van der Waals surface area contributed by atoms with Gasteiger partial charge < -0.3 is 18.6 Å². The summed E-state index contributed by atoms with van der Waals surface area (Å²) in [6.07, 6.45) is 3.42. The Kier molecular flexibility index (Phi) is 7.90. The van der Waals surface area contributed by atoms with E-state index in [2.05, 4.69) is 54.8 Å². The van der Waals surface area contributed by atoms with Crippen LogP contribution in [0.1, 0.15) is 54.4 Å². The standard InChI is InChI=1S/C25H39BrFN3O3Si/c1-24(2,3)32-23(31)29(13-17-9-10-17)14-19(33-34(7,8)25(4,5)6)15-30-16-28-21-12-18(27)11-20(26)22(21)30/h11-12,16-17,19H,9-10,13-15H2,1-8H3. The molecule has 1 heterocycles. The molecule has 1 aromatic heterocycles. The molecule has 1 unspecified atom stereocenters. The van der Waals surface area contributed by atoms with Crippen LogP contribution in [0.2, 0.25) is 18.1 Å². The molecule has 190 valence electrons. The van der Waals surface area contributed by atoms with Crippen LogP contribution < -0.4 is 0 Å². The molecular formula is C25H39BrFN3O3Si. The van der Waals surface area contributed by atoms with Crippen molar-refractivity contribution in [1.82, 2.24) is 14.5 Å². The number of nitrogens with zero attached hydrogens (tertiary/aromatic N) is 3. The Bertz CT molecular complexity index is 1020. The van der Waals surface area contributed by atoms with Crippen LogP contribution in [0.4, 0.5) is 9.18 Å². The second-order valence-electron chi connectivity index (χ2n) is 12.0. The van der Waals surface area contributed by atoms with Gasteiger partial charge >= 0.3 is 6.09 Å².